The van der Waals surface area contributed by atoms with Crippen LogP contribution in [0.4, 0.5) is 5.69 Å². The molecule has 5 nitrogen and oxygen atoms in total. The normalized spacial score (nSPS) is 15.3. The Hall–Kier alpha value is -1.70. The number of carbonyl (C=O) groups is 1. The first-order valence-electron chi connectivity index (χ1n) is 10.9. The van der Waals surface area contributed by atoms with Crippen LogP contribution in [0, 0.1) is 13.8 Å². The van der Waals surface area contributed by atoms with E-state index in [1.807, 2.05) is 32.9 Å². The molecule has 0 radical (unpaired) electrons. The molecule has 2 aromatic rings. The summed E-state index contributed by atoms with van der Waals surface area (Å²) in [4.78, 5) is 13.3. The lowest BCUT2D eigenvalue weighted by atomic mass is 9.95. The highest BCUT2D eigenvalue weighted by atomic mass is 79.9. The van der Waals surface area contributed by atoms with E-state index in [0.717, 1.165) is 65.4 Å². The summed E-state index contributed by atoms with van der Waals surface area (Å²) in [6, 6.07) is 10.7. The minimum Gasteiger partial charge on any atom is -0.324 e. The largest absolute Gasteiger partial charge is 0.324 e. The van der Waals surface area contributed by atoms with Crippen LogP contribution in [-0.4, -0.2) is 31.2 Å². The predicted molar refractivity (Wildman–Crippen MR) is 129 cm³/mol. The van der Waals surface area contributed by atoms with Gasteiger partial charge in [0.1, 0.15) is 0 Å². The molecule has 2 aromatic carbocycles. The molecule has 0 bridgehead atoms. The molecule has 7 heteroatoms. The monoisotopic (exact) mass is 506 g/mol. The average molecular weight is 507 g/mol. The Morgan fingerprint density at radius 2 is 1.74 bits per heavy atom. The van der Waals surface area contributed by atoms with Gasteiger partial charge in [-0.1, -0.05) is 59.8 Å². The summed E-state index contributed by atoms with van der Waals surface area (Å²) in [5.74, 6) is -0.304. The minimum absolute atomic E-state index is 0.150. The van der Waals surface area contributed by atoms with E-state index in [1.54, 1.807) is 24.3 Å². The molecule has 1 aliphatic carbocycles. The lowest BCUT2D eigenvalue weighted by Crippen LogP contribution is -2.45. The van der Waals surface area contributed by atoms with Crippen LogP contribution in [-0.2, 0) is 21.2 Å². The summed E-state index contributed by atoms with van der Waals surface area (Å²) >= 11 is 3.50. The summed E-state index contributed by atoms with van der Waals surface area (Å²) in [7, 11) is -3.77. The minimum atomic E-state index is -3.77. The SMILES string of the molecule is CCc1cc(Br)cc(C)c1NC(=O)CN(C1CCCCC1)S(=O)(=O)c1ccc(C)cc1. The van der Waals surface area contributed by atoms with Gasteiger partial charge in [-0.2, -0.15) is 4.31 Å². The second-order valence-corrected chi connectivity index (χ2v) is 11.1. The fraction of sp³-hybridized carbons (Fsp3) is 0.458. The summed E-state index contributed by atoms with van der Waals surface area (Å²) in [5.41, 5.74) is 3.74. The Morgan fingerprint density at radius 3 is 2.35 bits per heavy atom. The van der Waals surface area contributed by atoms with Crippen molar-refractivity contribution in [3.63, 3.8) is 0 Å². The number of benzene rings is 2. The van der Waals surface area contributed by atoms with Gasteiger partial charge in [-0.3, -0.25) is 4.79 Å². The fourth-order valence-electron chi connectivity index (χ4n) is 4.22. The fourth-order valence-corrected chi connectivity index (χ4v) is 6.48. The third-order valence-electron chi connectivity index (χ3n) is 5.94. The number of hydrogen-bond donors (Lipinski definition) is 1. The number of sulfonamides is 1. The van der Waals surface area contributed by atoms with Crippen molar-refractivity contribution in [1.82, 2.24) is 4.31 Å². The van der Waals surface area contributed by atoms with E-state index in [0.29, 0.717) is 0 Å². The standard InChI is InChI=1S/C24H31BrN2O3S/c1-4-19-15-20(25)14-18(3)24(19)26-23(28)16-27(21-8-6-5-7-9-21)31(29,30)22-12-10-17(2)11-13-22/h10-15,21H,4-9,16H2,1-3H3,(H,26,28). The highest BCUT2D eigenvalue weighted by Crippen LogP contribution is 2.29. The van der Waals surface area contributed by atoms with E-state index >= 15 is 0 Å². The Labute approximate surface area is 194 Å². The van der Waals surface area contributed by atoms with Gasteiger partial charge in [-0.25, -0.2) is 8.42 Å². The first-order chi connectivity index (χ1) is 14.7. The maximum absolute atomic E-state index is 13.5. The first-order valence-corrected chi connectivity index (χ1v) is 13.1. The van der Waals surface area contributed by atoms with Gasteiger partial charge in [0.15, 0.2) is 0 Å². The topological polar surface area (TPSA) is 66.5 Å². The number of anilines is 1. The van der Waals surface area contributed by atoms with Crippen molar-refractivity contribution >= 4 is 37.5 Å². The molecular formula is C24H31BrN2O3S. The number of carbonyl (C=O) groups excluding carboxylic acids is 1. The number of rotatable bonds is 7. The van der Waals surface area contributed by atoms with Gasteiger partial charge in [0.05, 0.1) is 11.4 Å². The molecule has 0 unspecified atom stereocenters. The Bertz CT molecular complexity index is 1030. The first kappa shape index (κ1) is 24.0. The third-order valence-corrected chi connectivity index (χ3v) is 8.31. The Morgan fingerprint density at radius 1 is 1.10 bits per heavy atom. The second-order valence-electron chi connectivity index (χ2n) is 8.31. The summed E-state index contributed by atoms with van der Waals surface area (Å²) in [6.07, 6.45) is 5.42. The molecule has 31 heavy (non-hydrogen) atoms. The van der Waals surface area contributed by atoms with E-state index in [-0.39, 0.29) is 23.4 Å². The van der Waals surface area contributed by atoms with Gasteiger partial charge >= 0.3 is 0 Å². The molecule has 1 fully saturated rings. The van der Waals surface area contributed by atoms with Crippen molar-refractivity contribution < 1.29 is 13.2 Å². The molecule has 1 saturated carbocycles. The Balaban J connectivity index is 1.89. The number of nitrogens with one attached hydrogen (secondary N) is 1. The quantitative estimate of drug-likeness (QED) is 0.531. The van der Waals surface area contributed by atoms with E-state index in [1.165, 1.54) is 4.31 Å². The Kier molecular flexibility index (Phi) is 7.94. The van der Waals surface area contributed by atoms with Crippen molar-refractivity contribution in [3.8, 4) is 0 Å². The van der Waals surface area contributed by atoms with E-state index in [9.17, 15) is 13.2 Å². The lowest BCUT2D eigenvalue weighted by molar-refractivity contribution is -0.116. The number of amides is 1. The van der Waals surface area contributed by atoms with Crippen LogP contribution in [0.25, 0.3) is 0 Å². The van der Waals surface area contributed by atoms with Gasteiger partial charge in [0.25, 0.3) is 0 Å². The molecule has 1 aliphatic rings. The lowest BCUT2D eigenvalue weighted by Gasteiger charge is -2.33. The molecule has 0 spiro atoms. The predicted octanol–water partition coefficient (Wildman–Crippen LogP) is 5.59. The van der Waals surface area contributed by atoms with Gasteiger partial charge < -0.3 is 5.32 Å². The van der Waals surface area contributed by atoms with Crippen molar-refractivity contribution in [2.45, 2.75) is 70.2 Å². The number of nitrogens with zero attached hydrogens (tertiary/aromatic N) is 1. The zero-order valence-electron chi connectivity index (χ0n) is 18.4. The van der Waals surface area contributed by atoms with Gasteiger partial charge in [-0.15, -0.1) is 0 Å². The molecule has 0 atom stereocenters. The van der Waals surface area contributed by atoms with Crippen molar-refractivity contribution in [2.24, 2.45) is 0 Å². The molecule has 168 valence electrons. The van der Waals surface area contributed by atoms with E-state index in [2.05, 4.69) is 21.2 Å². The molecule has 0 aromatic heterocycles. The second kappa shape index (κ2) is 10.3. The van der Waals surface area contributed by atoms with Crippen molar-refractivity contribution in [3.05, 3.63) is 57.6 Å². The number of halogens is 1. The third kappa shape index (κ3) is 5.76. The summed E-state index contributed by atoms with van der Waals surface area (Å²) in [5, 5.41) is 2.99. The molecule has 1 N–H and O–H groups in total. The van der Waals surface area contributed by atoms with Crippen molar-refractivity contribution in [1.29, 1.82) is 0 Å². The van der Waals surface area contributed by atoms with Crippen LogP contribution in [0.2, 0.25) is 0 Å². The molecule has 1 amide bonds. The van der Waals surface area contributed by atoms with Crippen LogP contribution >= 0.6 is 15.9 Å². The number of aryl methyl sites for hydroxylation is 3. The summed E-state index contributed by atoms with van der Waals surface area (Å²) < 4.78 is 29.4. The molecule has 0 heterocycles. The highest BCUT2D eigenvalue weighted by Gasteiger charge is 2.34. The molecule has 3 rings (SSSR count). The van der Waals surface area contributed by atoms with E-state index < -0.39 is 10.0 Å². The molecule has 0 saturated heterocycles. The zero-order valence-corrected chi connectivity index (χ0v) is 20.9. The zero-order chi connectivity index (χ0) is 22.6. The van der Waals surface area contributed by atoms with Crippen LogP contribution in [0.1, 0.15) is 55.7 Å². The van der Waals surface area contributed by atoms with Crippen LogP contribution in [0.3, 0.4) is 0 Å². The maximum Gasteiger partial charge on any atom is 0.243 e. The van der Waals surface area contributed by atoms with Crippen LogP contribution in [0.15, 0.2) is 45.8 Å². The average Bonchev–Trinajstić information content (AvgIpc) is 2.74. The molecule has 0 aliphatic heterocycles. The van der Waals surface area contributed by atoms with Gasteiger partial charge in [-0.05, 0) is 68.5 Å². The van der Waals surface area contributed by atoms with Crippen LogP contribution < -0.4 is 5.32 Å². The maximum atomic E-state index is 13.5. The van der Waals surface area contributed by atoms with Gasteiger partial charge in [0, 0.05) is 16.2 Å². The number of hydrogen-bond acceptors (Lipinski definition) is 3. The smallest absolute Gasteiger partial charge is 0.243 e. The summed E-state index contributed by atoms with van der Waals surface area (Å²) in [6.45, 7) is 5.72. The molecular weight excluding hydrogens is 476 g/mol. The highest BCUT2D eigenvalue weighted by molar-refractivity contribution is 9.10. The van der Waals surface area contributed by atoms with Crippen molar-refractivity contribution in [2.75, 3.05) is 11.9 Å². The van der Waals surface area contributed by atoms with E-state index in [4.69, 9.17) is 0 Å². The van der Waals surface area contributed by atoms with Crippen LogP contribution in [0.5, 0.6) is 0 Å². The van der Waals surface area contributed by atoms with Gasteiger partial charge in [0.2, 0.25) is 15.9 Å².